The van der Waals surface area contributed by atoms with Crippen molar-refractivity contribution in [2.24, 2.45) is 11.7 Å². The van der Waals surface area contributed by atoms with E-state index in [1.165, 1.54) is 0 Å². The molecule has 0 atom stereocenters. The lowest BCUT2D eigenvalue weighted by Crippen LogP contribution is -2.40. The van der Waals surface area contributed by atoms with E-state index in [0.717, 1.165) is 5.56 Å². The third kappa shape index (κ3) is 3.25. The summed E-state index contributed by atoms with van der Waals surface area (Å²) in [5, 5.41) is 8.13. The van der Waals surface area contributed by atoms with Crippen LogP contribution in [0.5, 0.6) is 0 Å². The van der Waals surface area contributed by atoms with Gasteiger partial charge in [0.1, 0.15) is 4.99 Å². The summed E-state index contributed by atoms with van der Waals surface area (Å²) >= 11 is 5.05. The number of halogens is 3. The van der Waals surface area contributed by atoms with E-state index < -0.39 is 12.1 Å². The summed E-state index contributed by atoms with van der Waals surface area (Å²) in [5.41, 5.74) is 7.90. The van der Waals surface area contributed by atoms with E-state index in [1.54, 1.807) is 11.8 Å². The number of hydrogen-bond acceptors (Lipinski definition) is 4. The number of nitrogens with two attached hydrogens (primary N) is 1. The van der Waals surface area contributed by atoms with Crippen molar-refractivity contribution >= 4 is 23.0 Å². The number of rotatable bonds is 2. The van der Waals surface area contributed by atoms with Crippen LogP contribution in [-0.4, -0.2) is 34.5 Å². The van der Waals surface area contributed by atoms with Gasteiger partial charge in [0.05, 0.1) is 17.2 Å². The van der Waals surface area contributed by atoms with Crippen molar-refractivity contribution < 1.29 is 13.2 Å². The highest BCUT2D eigenvalue weighted by molar-refractivity contribution is 7.80. The van der Waals surface area contributed by atoms with Gasteiger partial charge in [0, 0.05) is 13.1 Å². The third-order valence-electron chi connectivity index (χ3n) is 3.94. The van der Waals surface area contributed by atoms with Crippen molar-refractivity contribution in [1.82, 2.24) is 10.2 Å². The highest BCUT2D eigenvalue weighted by Gasteiger charge is 2.41. The lowest BCUT2D eigenvalue weighted by Gasteiger charge is -2.34. The maximum Gasteiger partial charge on any atom is 0.391 e. The van der Waals surface area contributed by atoms with Gasteiger partial charge in [0.25, 0.3) is 0 Å². The molecule has 1 aromatic rings. The SMILES string of the molecule is Cc1nnc(N2CCC(C(F)(F)F)CC2)c(C(N)=S)c1C. The van der Waals surface area contributed by atoms with E-state index in [4.69, 9.17) is 18.0 Å². The van der Waals surface area contributed by atoms with Crippen LogP contribution in [0, 0.1) is 19.8 Å². The summed E-state index contributed by atoms with van der Waals surface area (Å²) in [6.07, 6.45) is -4.03. The number of thiocarbonyl (C=S) groups is 1. The van der Waals surface area contributed by atoms with E-state index in [-0.39, 0.29) is 30.9 Å². The Bertz CT molecular complexity index is 551. The van der Waals surface area contributed by atoms with E-state index in [1.807, 2.05) is 6.92 Å². The third-order valence-corrected chi connectivity index (χ3v) is 4.14. The molecule has 1 aliphatic heterocycles. The van der Waals surface area contributed by atoms with Gasteiger partial charge in [-0.05, 0) is 32.3 Å². The number of aromatic nitrogens is 2. The molecule has 1 saturated heterocycles. The number of anilines is 1. The number of alkyl halides is 3. The first-order valence-corrected chi connectivity index (χ1v) is 7.08. The lowest BCUT2D eigenvalue weighted by molar-refractivity contribution is -0.179. The second-order valence-electron chi connectivity index (χ2n) is 5.28. The Hall–Kier alpha value is -1.44. The highest BCUT2D eigenvalue weighted by Crippen LogP contribution is 2.35. The Morgan fingerprint density at radius 2 is 1.81 bits per heavy atom. The molecule has 0 spiro atoms. The minimum atomic E-state index is -4.13. The van der Waals surface area contributed by atoms with Gasteiger partial charge < -0.3 is 10.6 Å². The first-order valence-electron chi connectivity index (χ1n) is 6.67. The smallest absolute Gasteiger partial charge is 0.389 e. The van der Waals surface area contributed by atoms with E-state index in [0.29, 0.717) is 17.1 Å². The molecule has 0 aromatic carbocycles. The summed E-state index contributed by atoms with van der Waals surface area (Å²) in [4.78, 5) is 1.98. The summed E-state index contributed by atoms with van der Waals surface area (Å²) < 4.78 is 38.1. The molecule has 1 aliphatic rings. The van der Waals surface area contributed by atoms with Gasteiger partial charge in [0.2, 0.25) is 0 Å². The molecule has 1 aromatic heterocycles. The van der Waals surface area contributed by atoms with Crippen LogP contribution in [-0.2, 0) is 0 Å². The van der Waals surface area contributed by atoms with Crippen molar-refractivity contribution in [2.45, 2.75) is 32.9 Å². The second-order valence-corrected chi connectivity index (χ2v) is 5.72. The van der Waals surface area contributed by atoms with Crippen molar-refractivity contribution in [1.29, 1.82) is 0 Å². The number of nitrogens with zero attached hydrogens (tertiary/aromatic N) is 3. The molecule has 0 unspecified atom stereocenters. The molecule has 0 bridgehead atoms. The summed E-state index contributed by atoms with van der Waals surface area (Å²) in [5.74, 6) is -0.757. The molecule has 2 rings (SSSR count). The van der Waals surface area contributed by atoms with Crippen LogP contribution in [0.25, 0.3) is 0 Å². The maximum atomic E-state index is 12.7. The minimum Gasteiger partial charge on any atom is -0.389 e. The zero-order valence-corrected chi connectivity index (χ0v) is 12.7. The molecule has 0 radical (unpaired) electrons. The molecule has 0 amide bonds. The topological polar surface area (TPSA) is 55.0 Å². The Morgan fingerprint density at radius 3 is 2.29 bits per heavy atom. The van der Waals surface area contributed by atoms with Gasteiger partial charge >= 0.3 is 6.18 Å². The van der Waals surface area contributed by atoms with Gasteiger partial charge in [-0.3, -0.25) is 0 Å². The molecule has 21 heavy (non-hydrogen) atoms. The van der Waals surface area contributed by atoms with Gasteiger partial charge in [-0.15, -0.1) is 5.10 Å². The van der Waals surface area contributed by atoms with E-state index >= 15 is 0 Å². The van der Waals surface area contributed by atoms with Crippen LogP contribution >= 0.6 is 12.2 Å². The van der Waals surface area contributed by atoms with Crippen LogP contribution in [0.2, 0.25) is 0 Å². The predicted molar refractivity (Wildman–Crippen MR) is 78.4 cm³/mol. The van der Waals surface area contributed by atoms with Crippen LogP contribution in [0.4, 0.5) is 19.0 Å². The van der Waals surface area contributed by atoms with Crippen LogP contribution in [0.1, 0.15) is 29.7 Å². The Kier molecular flexibility index (Phi) is 4.36. The summed E-state index contributed by atoms with van der Waals surface area (Å²) in [6.45, 7) is 4.18. The Labute approximate surface area is 126 Å². The lowest BCUT2D eigenvalue weighted by atomic mass is 9.96. The average molecular weight is 318 g/mol. The van der Waals surface area contributed by atoms with Crippen LogP contribution in [0.3, 0.4) is 0 Å². The van der Waals surface area contributed by atoms with Gasteiger partial charge in [-0.2, -0.15) is 18.3 Å². The standard InChI is InChI=1S/C13H17F3N4S/c1-7-8(2)18-19-12(10(7)11(17)21)20-5-3-9(4-6-20)13(14,15)16/h9H,3-6H2,1-2H3,(H2,17,21). The average Bonchev–Trinajstić information content (AvgIpc) is 2.40. The molecule has 2 heterocycles. The van der Waals surface area contributed by atoms with E-state index in [9.17, 15) is 13.2 Å². The Morgan fingerprint density at radius 1 is 1.24 bits per heavy atom. The molecule has 2 N–H and O–H groups in total. The van der Waals surface area contributed by atoms with Crippen molar-refractivity contribution in [2.75, 3.05) is 18.0 Å². The largest absolute Gasteiger partial charge is 0.391 e. The molecule has 0 aliphatic carbocycles. The minimum absolute atomic E-state index is 0.0505. The van der Waals surface area contributed by atoms with Crippen molar-refractivity contribution in [3.63, 3.8) is 0 Å². The van der Waals surface area contributed by atoms with Crippen molar-refractivity contribution in [3.8, 4) is 0 Å². The Balaban J connectivity index is 2.25. The number of piperidine rings is 1. The van der Waals surface area contributed by atoms with Gasteiger partial charge in [-0.1, -0.05) is 12.2 Å². The number of aryl methyl sites for hydroxylation is 1. The molecule has 4 nitrogen and oxygen atoms in total. The predicted octanol–water partition coefficient (Wildman–Crippen LogP) is 2.51. The van der Waals surface area contributed by atoms with E-state index in [2.05, 4.69) is 10.2 Å². The normalized spacial score (nSPS) is 17.1. The second kappa shape index (κ2) is 5.75. The zero-order chi connectivity index (χ0) is 15.8. The molecular weight excluding hydrogens is 301 g/mol. The van der Waals surface area contributed by atoms with Crippen LogP contribution < -0.4 is 10.6 Å². The van der Waals surface area contributed by atoms with Crippen molar-refractivity contribution in [3.05, 3.63) is 16.8 Å². The summed E-state index contributed by atoms with van der Waals surface area (Å²) in [6, 6.07) is 0. The highest BCUT2D eigenvalue weighted by atomic mass is 32.1. The zero-order valence-electron chi connectivity index (χ0n) is 11.9. The quantitative estimate of drug-likeness (QED) is 0.849. The number of hydrogen-bond donors (Lipinski definition) is 1. The monoisotopic (exact) mass is 318 g/mol. The molecular formula is C13H17F3N4S. The molecule has 1 fully saturated rings. The maximum absolute atomic E-state index is 12.7. The summed E-state index contributed by atoms with van der Waals surface area (Å²) in [7, 11) is 0. The molecule has 0 saturated carbocycles. The fourth-order valence-electron chi connectivity index (χ4n) is 2.53. The molecule has 116 valence electrons. The first-order chi connectivity index (χ1) is 9.71. The van der Waals surface area contributed by atoms with Gasteiger partial charge in [0.15, 0.2) is 5.82 Å². The van der Waals surface area contributed by atoms with Gasteiger partial charge in [-0.25, -0.2) is 0 Å². The molecule has 8 heteroatoms. The van der Waals surface area contributed by atoms with Crippen LogP contribution in [0.15, 0.2) is 0 Å². The first kappa shape index (κ1) is 15.9. The fraction of sp³-hybridized carbons (Fsp3) is 0.615. The fourth-order valence-corrected chi connectivity index (χ4v) is 2.78.